The van der Waals surface area contributed by atoms with Gasteiger partial charge in [-0.05, 0) is 81.0 Å². The lowest BCUT2D eigenvalue weighted by atomic mass is 9.77. The number of ether oxygens (including phenoxy) is 3. The number of allylic oxidation sites excluding steroid dienone is 1. The smallest absolute Gasteiger partial charge is 0.355 e. The third-order valence-electron chi connectivity index (χ3n) is 11.7. The number of nitrogens with zero attached hydrogens (tertiary/aromatic N) is 4. The van der Waals surface area contributed by atoms with E-state index in [1.54, 1.807) is 68.7 Å². The zero-order chi connectivity index (χ0) is 49.6. The fourth-order valence-electron chi connectivity index (χ4n) is 8.09. The maximum atomic E-state index is 14.7. The van der Waals surface area contributed by atoms with Crippen LogP contribution in [0.3, 0.4) is 0 Å². The van der Waals surface area contributed by atoms with E-state index in [4.69, 9.17) is 28.9 Å². The quantitative estimate of drug-likeness (QED) is 0.0303. The maximum absolute atomic E-state index is 14.7. The molecule has 5 aromatic rings. The number of thioether (sulfide) groups is 1. The molecule has 1 aromatic heterocycles. The van der Waals surface area contributed by atoms with Gasteiger partial charge in [-0.15, -0.1) is 23.1 Å². The maximum Gasteiger partial charge on any atom is 0.355 e. The summed E-state index contributed by atoms with van der Waals surface area (Å²) in [6, 6.07) is 36.0. The highest BCUT2D eigenvalue weighted by molar-refractivity contribution is 8.00. The van der Waals surface area contributed by atoms with Gasteiger partial charge in [0.1, 0.15) is 46.3 Å². The Labute approximate surface area is 415 Å². The van der Waals surface area contributed by atoms with Gasteiger partial charge in [0.2, 0.25) is 5.60 Å². The standard InChI is InChI=1S/C53H56N6O9S2/c1-51(2,3)66-49(63)52(4,5)68-57-42(41-33-70-50(54-41)56-53(36-17-11-8-12-18-36,37-19-13-9-14-20-37)38-21-15-10-16-22-38)45(60)55-43-46(61)59-44(48(62)65-31-34-23-26-39(64-7)27-24-34)35(32-69-47(43)59)25-28-40-29-30-58(6)67-40/h8-28,33,40,43,47H,29-32H2,1-7H3,(H,54,56)(H,55,60)/b28-25+,57-42-/t40?,43-,47+/m1/s1. The number of benzene rings is 4. The van der Waals surface area contributed by atoms with Crippen molar-refractivity contribution in [3.63, 3.8) is 0 Å². The van der Waals surface area contributed by atoms with Gasteiger partial charge in [0.05, 0.1) is 13.2 Å². The fourth-order valence-corrected chi connectivity index (χ4v) is 10.2. The summed E-state index contributed by atoms with van der Waals surface area (Å²) < 4.78 is 16.7. The molecule has 17 heteroatoms. The number of hydrogen-bond acceptors (Lipinski definition) is 15. The molecule has 4 heterocycles. The molecule has 2 N–H and O–H groups in total. The van der Waals surface area contributed by atoms with Crippen LogP contribution in [-0.4, -0.2) is 99.6 Å². The van der Waals surface area contributed by atoms with Gasteiger partial charge in [-0.2, -0.15) is 5.06 Å². The molecule has 2 amide bonds. The van der Waals surface area contributed by atoms with E-state index >= 15 is 0 Å². The molecule has 4 aromatic carbocycles. The van der Waals surface area contributed by atoms with Crippen molar-refractivity contribution in [3.8, 4) is 5.75 Å². The Bertz CT molecular complexity index is 2680. The van der Waals surface area contributed by atoms with Crippen LogP contribution in [0.4, 0.5) is 5.13 Å². The summed E-state index contributed by atoms with van der Waals surface area (Å²) in [7, 11) is 3.42. The van der Waals surface area contributed by atoms with E-state index in [0.29, 0.717) is 22.2 Å². The van der Waals surface area contributed by atoms with Crippen LogP contribution in [0, 0.1) is 0 Å². The summed E-state index contributed by atoms with van der Waals surface area (Å²) in [6.45, 7) is 8.87. The van der Waals surface area contributed by atoms with E-state index in [2.05, 4.69) is 15.8 Å². The lowest BCUT2D eigenvalue weighted by Gasteiger charge is -2.49. The van der Waals surface area contributed by atoms with Crippen LogP contribution in [0.2, 0.25) is 0 Å². The summed E-state index contributed by atoms with van der Waals surface area (Å²) >= 11 is 2.63. The third kappa shape index (κ3) is 11.0. The molecule has 15 nitrogen and oxygen atoms in total. The number of carbonyl (C=O) groups is 4. The number of amides is 2. The molecule has 0 aliphatic carbocycles. The monoisotopic (exact) mass is 984 g/mol. The molecular formula is C53H56N6O9S2. The summed E-state index contributed by atoms with van der Waals surface area (Å²) in [6.07, 6.45) is 4.24. The van der Waals surface area contributed by atoms with Gasteiger partial charge in [-0.25, -0.2) is 14.6 Å². The number of β-lactam (4-membered cyclic amide) rings is 1. The van der Waals surface area contributed by atoms with Crippen molar-refractivity contribution < 1.29 is 43.1 Å². The van der Waals surface area contributed by atoms with Crippen LogP contribution in [0.25, 0.3) is 0 Å². The molecule has 8 rings (SSSR count). The number of hydroxylamine groups is 2. The summed E-state index contributed by atoms with van der Waals surface area (Å²) in [4.78, 5) is 74.4. The van der Waals surface area contributed by atoms with Crippen LogP contribution >= 0.6 is 23.1 Å². The number of hydrogen-bond donors (Lipinski definition) is 2. The number of carbonyl (C=O) groups excluding carboxylic acids is 4. The Balaban J connectivity index is 1.10. The average Bonchev–Trinajstić information content (AvgIpc) is 4.01. The van der Waals surface area contributed by atoms with E-state index in [9.17, 15) is 19.2 Å². The Kier molecular flexibility index (Phi) is 14.9. The number of rotatable bonds is 17. The highest BCUT2D eigenvalue weighted by atomic mass is 32.2. The molecule has 364 valence electrons. The highest BCUT2D eigenvalue weighted by Gasteiger charge is 2.55. The zero-order valence-corrected chi connectivity index (χ0v) is 41.7. The van der Waals surface area contributed by atoms with E-state index in [1.807, 2.05) is 104 Å². The molecule has 2 saturated heterocycles. The first kappa shape index (κ1) is 49.6. The Hall–Kier alpha value is -6.79. The SMILES string of the molecule is COc1ccc(COC(=O)C2=C(/C=C/C3CCN(C)O3)CS[C@H]3[C@H](NC(=O)/C(=N\OC(C)(C)C(=O)OC(C)(C)C)c4csc(NC(c5ccccc5)(c5ccccc5)c5ccccc5)n4)C(=O)N23)cc1. The van der Waals surface area contributed by atoms with Crippen molar-refractivity contribution in [2.75, 3.05) is 31.8 Å². The van der Waals surface area contributed by atoms with Crippen LogP contribution in [0.1, 0.15) is 69.0 Å². The first-order valence-corrected chi connectivity index (χ1v) is 24.7. The molecule has 3 atom stereocenters. The fraction of sp³-hybridized carbons (Fsp3) is 0.321. The molecule has 70 heavy (non-hydrogen) atoms. The number of oxime groups is 1. The molecule has 2 fully saturated rings. The number of esters is 2. The van der Waals surface area contributed by atoms with Crippen molar-refractivity contribution in [2.24, 2.45) is 5.16 Å². The van der Waals surface area contributed by atoms with Crippen molar-refractivity contribution in [2.45, 2.75) is 81.9 Å². The molecule has 0 bridgehead atoms. The van der Waals surface area contributed by atoms with Crippen molar-refractivity contribution in [1.29, 1.82) is 0 Å². The molecule has 0 saturated carbocycles. The van der Waals surface area contributed by atoms with Crippen LogP contribution in [0.15, 0.2) is 149 Å². The Morgan fingerprint density at radius 1 is 0.886 bits per heavy atom. The Morgan fingerprint density at radius 3 is 2.06 bits per heavy atom. The number of anilines is 1. The number of thiazole rings is 1. The highest BCUT2D eigenvalue weighted by Crippen LogP contribution is 2.43. The average molecular weight is 985 g/mol. The third-order valence-corrected chi connectivity index (χ3v) is 13.8. The molecule has 3 aliphatic heterocycles. The summed E-state index contributed by atoms with van der Waals surface area (Å²) in [5.74, 6) is -1.74. The minimum Gasteiger partial charge on any atom is -0.497 e. The number of fused-ring (bicyclic) bond motifs is 1. The van der Waals surface area contributed by atoms with Crippen LogP contribution in [-0.2, 0) is 50.5 Å². The summed E-state index contributed by atoms with van der Waals surface area (Å²) in [5, 5.41) is 14.1. The molecule has 0 spiro atoms. The number of aromatic nitrogens is 1. The van der Waals surface area contributed by atoms with Crippen LogP contribution < -0.4 is 15.4 Å². The zero-order valence-electron chi connectivity index (χ0n) is 40.0. The van der Waals surface area contributed by atoms with E-state index in [-0.39, 0.29) is 29.8 Å². The second-order valence-corrected chi connectivity index (χ2v) is 20.3. The largest absolute Gasteiger partial charge is 0.497 e. The van der Waals surface area contributed by atoms with E-state index in [1.165, 1.54) is 41.8 Å². The predicted molar refractivity (Wildman–Crippen MR) is 269 cm³/mol. The second-order valence-electron chi connectivity index (χ2n) is 18.4. The number of nitrogens with one attached hydrogen (secondary N) is 2. The van der Waals surface area contributed by atoms with Gasteiger partial charge in [-0.1, -0.05) is 120 Å². The minimum absolute atomic E-state index is 0.0486. The molecule has 0 radical (unpaired) electrons. The minimum atomic E-state index is -1.64. The lowest BCUT2D eigenvalue weighted by Crippen LogP contribution is -2.71. The van der Waals surface area contributed by atoms with Crippen molar-refractivity contribution in [1.82, 2.24) is 20.3 Å². The second kappa shape index (κ2) is 21.1. The van der Waals surface area contributed by atoms with Crippen molar-refractivity contribution >= 4 is 57.7 Å². The first-order valence-electron chi connectivity index (χ1n) is 22.8. The van der Waals surface area contributed by atoms with Gasteiger partial charge in [0.15, 0.2) is 10.8 Å². The topological polar surface area (TPSA) is 170 Å². The van der Waals surface area contributed by atoms with E-state index in [0.717, 1.165) is 35.2 Å². The molecule has 1 unspecified atom stereocenters. The van der Waals surface area contributed by atoms with E-state index < -0.39 is 51.9 Å². The predicted octanol–water partition coefficient (Wildman–Crippen LogP) is 7.99. The van der Waals surface area contributed by atoms with Gasteiger partial charge < -0.3 is 29.7 Å². The van der Waals surface area contributed by atoms with Gasteiger partial charge in [-0.3, -0.25) is 19.3 Å². The Morgan fingerprint density at radius 2 is 1.50 bits per heavy atom. The van der Waals surface area contributed by atoms with Gasteiger partial charge in [0, 0.05) is 24.7 Å². The first-order chi connectivity index (χ1) is 33.6. The lowest BCUT2D eigenvalue weighted by molar-refractivity contribution is -0.179. The normalized spacial score (nSPS) is 18.8. The van der Waals surface area contributed by atoms with Crippen molar-refractivity contribution in [3.05, 3.63) is 172 Å². The molecular weight excluding hydrogens is 929 g/mol. The summed E-state index contributed by atoms with van der Waals surface area (Å²) in [5.41, 5.74) is 0.608. The number of methoxy groups -OCH3 is 1. The van der Waals surface area contributed by atoms with Gasteiger partial charge in [0.25, 0.3) is 11.8 Å². The van der Waals surface area contributed by atoms with Gasteiger partial charge >= 0.3 is 11.9 Å². The van der Waals surface area contributed by atoms with Crippen LogP contribution in [0.5, 0.6) is 5.75 Å². The molecule has 3 aliphatic rings.